The van der Waals surface area contributed by atoms with Gasteiger partial charge in [0.15, 0.2) is 23.0 Å². The van der Waals surface area contributed by atoms with Crippen LogP contribution < -0.4 is 9.47 Å². The lowest BCUT2D eigenvalue weighted by atomic mass is 9.60. The van der Waals surface area contributed by atoms with E-state index in [4.69, 9.17) is 9.47 Å². The van der Waals surface area contributed by atoms with Crippen molar-refractivity contribution in [2.24, 2.45) is 28.6 Å². The predicted octanol–water partition coefficient (Wildman–Crippen LogP) is 8.09. The van der Waals surface area contributed by atoms with Crippen LogP contribution >= 0.6 is 0 Å². The fourth-order valence-electron chi connectivity index (χ4n) is 9.38. The number of benzene rings is 2. The first-order valence-corrected chi connectivity index (χ1v) is 17.4. The Labute approximate surface area is 273 Å². The normalized spacial score (nSPS) is 30.9. The van der Waals surface area contributed by atoms with Gasteiger partial charge in [-0.05, 0) is 65.7 Å². The van der Waals surface area contributed by atoms with Crippen molar-refractivity contribution in [1.29, 1.82) is 0 Å². The Hall–Kier alpha value is -3.09. The smallest absolute Gasteiger partial charge is 0.173 e. The van der Waals surface area contributed by atoms with Crippen molar-refractivity contribution in [3.05, 3.63) is 57.7 Å². The monoisotopic (exact) mass is 626 g/mol. The third-order valence-corrected chi connectivity index (χ3v) is 12.3. The number of fused-ring (bicyclic) bond motifs is 5. The molecule has 6 heteroatoms. The van der Waals surface area contributed by atoms with E-state index in [0.717, 1.165) is 41.5 Å². The molecule has 0 aromatic heterocycles. The number of phenolic OH excluding ortho intramolecular Hbond substituents is 1. The van der Waals surface area contributed by atoms with E-state index in [1.165, 1.54) is 0 Å². The number of hydrogen-bond acceptors (Lipinski definition) is 6. The molecular formula is C40H50O6. The summed E-state index contributed by atoms with van der Waals surface area (Å²) in [6.45, 7) is 13.4. The zero-order chi connectivity index (χ0) is 32.8. The van der Waals surface area contributed by atoms with Crippen LogP contribution in [-0.2, 0) is 17.6 Å². The second kappa shape index (κ2) is 11.0. The zero-order valence-corrected chi connectivity index (χ0v) is 28.3. The molecule has 2 aromatic rings. The quantitative estimate of drug-likeness (QED) is 0.318. The van der Waals surface area contributed by atoms with E-state index < -0.39 is 5.60 Å². The Bertz CT molecular complexity index is 1650. The number of aliphatic hydroxyl groups excluding tert-OH is 1. The summed E-state index contributed by atoms with van der Waals surface area (Å²) in [4.78, 5) is 13.3. The maximum absolute atomic E-state index is 13.3. The number of aromatic hydroxyl groups is 1. The van der Waals surface area contributed by atoms with Gasteiger partial charge in [0.25, 0.3) is 0 Å². The molecule has 1 heterocycles. The summed E-state index contributed by atoms with van der Waals surface area (Å²) in [7, 11) is 0. The SMILES string of the molecule is CC(CO)c1cc2c(c(O)c1Oc1c3c(cc4c1OCC4C)C=CC1C(C)(C)CCCC1(O)C3)CC1C(=O)CCC(C)(C)C1C=C2. The molecule has 1 aliphatic heterocycles. The number of ketones is 1. The minimum atomic E-state index is -0.939. The molecule has 0 bridgehead atoms. The van der Waals surface area contributed by atoms with Crippen LogP contribution in [-0.4, -0.2) is 39.9 Å². The van der Waals surface area contributed by atoms with Crippen molar-refractivity contribution >= 4 is 17.9 Å². The molecule has 7 rings (SSSR count). The van der Waals surface area contributed by atoms with Crippen LogP contribution in [0.25, 0.3) is 12.2 Å². The fraction of sp³-hybridized carbons (Fsp3) is 0.575. The van der Waals surface area contributed by atoms with Gasteiger partial charge in [-0.15, -0.1) is 0 Å². The van der Waals surface area contributed by atoms with Crippen LogP contribution in [0.1, 0.15) is 119 Å². The summed E-state index contributed by atoms with van der Waals surface area (Å²) in [6.07, 6.45) is 13.5. The van der Waals surface area contributed by atoms with Crippen LogP contribution in [0.4, 0.5) is 0 Å². The number of Topliss-reactive ketones (excluding diaryl/α,β-unsaturated/α-hetero) is 1. The minimum Gasteiger partial charge on any atom is -0.504 e. The molecule has 2 fully saturated rings. The summed E-state index contributed by atoms with van der Waals surface area (Å²) in [5.41, 5.74) is 4.22. The van der Waals surface area contributed by atoms with Gasteiger partial charge in [-0.3, -0.25) is 4.79 Å². The van der Waals surface area contributed by atoms with Crippen LogP contribution in [0, 0.1) is 28.6 Å². The van der Waals surface area contributed by atoms with E-state index in [-0.39, 0.29) is 58.6 Å². The average molecular weight is 627 g/mol. The van der Waals surface area contributed by atoms with Gasteiger partial charge in [-0.1, -0.05) is 72.3 Å². The van der Waals surface area contributed by atoms with Crippen LogP contribution in [0.3, 0.4) is 0 Å². The Balaban J connectivity index is 1.39. The van der Waals surface area contributed by atoms with E-state index in [1.807, 2.05) is 13.0 Å². The Morgan fingerprint density at radius 1 is 1.00 bits per heavy atom. The first-order chi connectivity index (χ1) is 21.7. The van der Waals surface area contributed by atoms with E-state index in [2.05, 4.69) is 65.0 Å². The standard InChI is InChI=1S/C40H50O6/c1-22(20-41)26-16-24-8-10-31-29(32(42)12-15-38(31,3)4)18-28(24)34(43)35(26)46-37-30-19-40(44)14-7-13-39(5,6)33(40)11-9-25(30)17-27-23(2)21-45-36(27)37/h8-11,16-17,22-23,29,31,33,41,43-44H,7,12-15,18-21H2,1-6H3. The molecule has 46 heavy (non-hydrogen) atoms. The highest BCUT2D eigenvalue weighted by Crippen LogP contribution is 2.56. The van der Waals surface area contributed by atoms with Crippen LogP contribution in [0.15, 0.2) is 24.3 Å². The Morgan fingerprint density at radius 3 is 2.50 bits per heavy atom. The molecule has 0 spiro atoms. The van der Waals surface area contributed by atoms with Gasteiger partial charge >= 0.3 is 0 Å². The van der Waals surface area contributed by atoms with E-state index in [9.17, 15) is 20.1 Å². The highest BCUT2D eigenvalue weighted by molar-refractivity contribution is 5.84. The largest absolute Gasteiger partial charge is 0.504 e. The van der Waals surface area contributed by atoms with Gasteiger partial charge in [-0.25, -0.2) is 0 Å². The average Bonchev–Trinajstić information content (AvgIpc) is 3.15. The van der Waals surface area contributed by atoms with Crippen LogP contribution in [0.2, 0.25) is 0 Å². The van der Waals surface area contributed by atoms with Crippen molar-refractivity contribution in [3.8, 4) is 23.0 Å². The maximum Gasteiger partial charge on any atom is 0.173 e. The lowest BCUT2D eigenvalue weighted by molar-refractivity contribution is -0.129. The van der Waals surface area contributed by atoms with Crippen molar-refractivity contribution in [2.75, 3.05) is 13.2 Å². The first-order valence-electron chi connectivity index (χ1n) is 17.4. The summed E-state index contributed by atoms with van der Waals surface area (Å²) in [5.74, 6) is 1.47. The first kappa shape index (κ1) is 31.5. The molecule has 3 N–H and O–H groups in total. The topological polar surface area (TPSA) is 96.2 Å². The third kappa shape index (κ3) is 4.93. The Morgan fingerprint density at radius 2 is 1.74 bits per heavy atom. The molecule has 2 aromatic carbocycles. The zero-order valence-electron chi connectivity index (χ0n) is 28.3. The molecule has 0 radical (unpaired) electrons. The van der Waals surface area contributed by atoms with E-state index >= 15 is 0 Å². The number of hydrogen-bond donors (Lipinski definition) is 3. The minimum absolute atomic E-state index is 0.00920. The van der Waals surface area contributed by atoms with Gasteiger partial charge in [-0.2, -0.15) is 0 Å². The number of rotatable bonds is 4. The number of phenols is 1. The van der Waals surface area contributed by atoms with E-state index in [0.29, 0.717) is 60.7 Å². The van der Waals surface area contributed by atoms with Gasteiger partial charge in [0.1, 0.15) is 5.78 Å². The fourth-order valence-corrected chi connectivity index (χ4v) is 9.38. The molecule has 6 nitrogen and oxygen atoms in total. The molecule has 0 saturated heterocycles. The Kier molecular flexibility index (Phi) is 7.52. The number of carbonyl (C=O) groups is 1. The number of aliphatic hydroxyl groups is 2. The molecular weight excluding hydrogens is 576 g/mol. The molecule has 2 saturated carbocycles. The number of allylic oxidation sites excluding steroid dienone is 1. The maximum atomic E-state index is 13.3. The molecule has 0 amide bonds. The van der Waals surface area contributed by atoms with Gasteiger partial charge in [0.2, 0.25) is 0 Å². The van der Waals surface area contributed by atoms with Gasteiger partial charge in [0, 0.05) is 65.4 Å². The number of carbonyl (C=O) groups excluding carboxylic acids is 1. The highest BCUT2D eigenvalue weighted by atomic mass is 16.5. The summed E-state index contributed by atoms with van der Waals surface area (Å²) in [6, 6.07) is 4.21. The summed E-state index contributed by atoms with van der Waals surface area (Å²) in [5, 5.41) is 34.8. The summed E-state index contributed by atoms with van der Waals surface area (Å²) < 4.78 is 13.3. The number of ether oxygens (including phenoxy) is 2. The molecule has 246 valence electrons. The second-order valence-electron chi connectivity index (χ2n) is 16.4. The lowest BCUT2D eigenvalue weighted by Gasteiger charge is -2.48. The van der Waals surface area contributed by atoms with Gasteiger partial charge in [0.05, 0.1) is 12.2 Å². The van der Waals surface area contributed by atoms with E-state index in [1.54, 1.807) is 0 Å². The van der Waals surface area contributed by atoms with Gasteiger partial charge < -0.3 is 24.8 Å². The van der Waals surface area contributed by atoms with Crippen molar-refractivity contribution in [1.82, 2.24) is 0 Å². The molecule has 4 aliphatic carbocycles. The third-order valence-electron chi connectivity index (χ3n) is 12.3. The highest BCUT2D eigenvalue weighted by Gasteiger charge is 2.49. The second-order valence-corrected chi connectivity index (χ2v) is 16.4. The van der Waals surface area contributed by atoms with Crippen molar-refractivity contribution in [3.63, 3.8) is 0 Å². The van der Waals surface area contributed by atoms with Crippen molar-refractivity contribution in [2.45, 2.75) is 104 Å². The van der Waals surface area contributed by atoms with Crippen LogP contribution in [0.5, 0.6) is 23.0 Å². The molecule has 5 aliphatic rings. The van der Waals surface area contributed by atoms with Crippen molar-refractivity contribution < 1.29 is 29.6 Å². The predicted molar refractivity (Wildman–Crippen MR) is 181 cm³/mol. The molecule has 6 atom stereocenters. The lowest BCUT2D eigenvalue weighted by Crippen LogP contribution is -2.49. The summed E-state index contributed by atoms with van der Waals surface area (Å²) >= 11 is 0. The molecule has 6 unspecified atom stereocenters.